The average molecular weight is 557 g/mol. The second-order valence-electron chi connectivity index (χ2n) is 11.3. The molecule has 0 fully saturated rings. The molecule has 3 rings (SSSR count). The number of aryl methyl sites for hydroxylation is 1. The van der Waals surface area contributed by atoms with E-state index in [0.29, 0.717) is 13.0 Å². The van der Waals surface area contributed by atoms with Crippen molar-refractivity contribution in [3.63, 3.8) is 0 Å². The van der Waals surface area contributed by atoms with Crippen LogP contribution in [0.25, 0.3) is 11.1 Å². The monoisotopic (exact) mass is 556 g/mol. The van der Waals surface area contributed by atoms with Crippen LogP contribution >= 0.6 is 0 Å². The maximum Gasteiger partial charge on any atom is 0.254 e. The molecule has 1 amide bonds. The highest BCUT2D eigenvalue weighted by Gasteiger charge is 2.18. The Hall–Kier alpha value is -2.95. The lowest BCUT2D eigenvalue weighted by atomic mass is 10.0. The molecule has 0 aliphatic heterocycles. The summed E-state index contributed by atoms with van der Waals surface area (Å²) in [6, 6.07) is 25.3. The first-order valence-corrected chi connectivity index (χ1v) is 16.0. The first-order chi connectivity index (χ1) is 20.1. The Morgan fingerprint density at radius 2 is 1.10 bits per heavy atom. The standard InChI is InChI=1S/C37H52N2O2/c1-4-7-10-11-31-14-22-36(23-15-31)37(41)39(28-27-38(25-8-5-2)26-9-6-3)30-33-16-20-35(21-17-33)34-18-12-32(13-19-34)24-29-40/h12-23,40H,4-11,24-30H2,1-3H3. The molecule has 0 atom stereocenters. The molecule has 0 bridgehead atoms. The quantitative estimate of drug-likeness (QED) is 0.151. The highest BCUT2D eigenvalue weighted by atomic mass is 16.3. The van der Waals surface area contributed by atoms with Gasteiger partial charge in [-0.25, -0.2) is 0 Å². The topological polar surface area (TPSA) is 43.8 Å². The highest BCUT2D eigenvalue weighted by molar-refractivity contribution is 5.94. The number of rotatable bonds is 19. The number of carbonyl (C=O) groups is 1. The number of unbranched alkanes of at least 4 members (excludes halogenated alkanes) is 4. The van der Waals surface area contributed by atoms with Crippen LogP contribution in [-0.2, 0) is 19.4 Å². The molecule has 4 heteroatoms. The van der Waals surface area contributed by atoms with Gasteiger partial charge in [-0.2, -0.15) is 0 Å². The van der Waals surface area contributed by atoms with Crippen molar-refractivity contribution < 1.29 is 9.90 Å². The Kier molecular flexibility index (Phi) is 14.7. The zero-order chi connectivity index (χ0) is 29.3. The van der Waals surface area contributed by atoms with Gasteiger partial charge in [-0.05, 0) is 85.1 Å². The lowest BCUT2D eigenvalue weighted by Gasteiger charge is -2.28. The van der Waals surface area contributed by atoms with Crippen LogP contribution in [0.1, 0.15) is 92.8 Å². The third-order valence-corrected chi connectivity index (χ3v) is 7.91. The van der Waals surface area contributed by atoms with Crippen LogP contribution in [0.15, 0.2) is 72.8 Å². The van der Waals surface area contributed by atoms with Gasteiger partial charge in [-0.15, -0.1) is 0 Å². The maximum atomic E-state index is 13.8. The van der Waals surface area contributed by atoms with Crippen LogP contribution in [0.5, 0.6) is 0 Å². The van der Waals surface area contributed by atoms with Gasteiger partial charge in [0.05, 0.1) is 0 Å². The summed E-state index contributed by atoms with van der Waals surface area (Å²) >= 11 is 0. The number of carbonyl (C=O) groups excluding carboxylic acids is 1. The van der Waals surface area contributed by atoms with Crippen LogP contribution in [0.4, 0.5) is 0 Å². The van der Waals surface area contributed by atoms with E-state index < -0.39 is 0 Å². The van der Waals surface area contributed by atoms with E-state index in [1.807, 2.05) is 17.0 Å². The second kappa shape index (κ2) is 18.5. The summed E-state index contributed by atoms with van der Waals surface area (Å²) in [5.41, 5.74) is 6.69. The Balaban J connectivity index is 1.74. The number of hydrogen-bond acceptors (Lipinski definition) is 3. The van der Waals surface area contributed by atoms with Crippen molar-refractivity contribution >= 4 is 5.91 Å². The molecule has 3 aromatic carbocycles. The predicted molar refractivity (Wildman–Crippen MR) is 173 cm³/mol. The molecular weight excluding hydrogens is 504 g/mol. The number of nitrogens with zero attached hydrogens (tertiary/aromatic N) is 2. The predicted octanol–water partition coefficient (Wildman–Crippen LogP) is 8.17. The summed E-state index contributed by atoms with van der Waals surface area (Å²) in [4.78, 5) is 18.4. The molecular formula is C37H52N2O2. The molecule has 0 radical (unpaired) electrons. The van der Waals surface area contributed by atoms with Gasteiger partial charge in [-0.1, -0.05) is 107 Å². The number of aliphatic hydroxyl groups is 1. The first kappa shape index (κ1) is 32.6. The Bertz CT molecular complexity index is 1120. The average Bonchev–Trinajstić information content (AvgIpc) is 3.01. The molecule has 4 nitrogen and oxygen atoms in total. The number of aliphatic hydroxyl groups excluding tert-OH is 1. The number of amides is 1. The summed E-state index contributed by atoms with van der Waals surface area (Å²) in [6.45, 7) is 11.3. The van der Waals surface area contributed by atoms with Gasteiger partial charge in [0.1, 0.15) is 0 Å². The van der Waals surface area contributed by atoms with Crippen molar-refractivity contribution in [3.8, 4) is 11.1 Å². The van der Waals surface area contributed by atoms with Gasteiger partial charge in [0, 0.05) is 31.8 Å². The van der Waals surface area contributed by atoms with E-state index in [4.69, 9.17) is 0 Å². The van der Waals surface area contributed by atoms with Crippen molar-refractivity contribution in [2.75, 3.05) is 32.8 Å². The molecule has 0 heterocycles. The molecule has 0 saturated heterocycles. The Labute approximate surface area is 249 Å². The Morgan fingerprint density at radius 3 is 1.63 bits per heavy atom. The van der Waals surface area contributed by atoms with Crippen molar-refractivity contribution in [1.82, 2.24) is 9.80 Å². The van der Waals surface area contributed by atoms with Gasteiger partial charge in [0.25, 0.3) is 5.91 Å². The Morgan fingerprint density at radius 1 is 0.585 bits per heavy atom. The highest BCUT2D eigenvalue weighted by Crippen LogP contribution is 2.22. The summed E-state index contributed by atoms with van der Waals surface area (Å²) in [5.74, 6) is 0.111. The largest absolute Gasteiger partial charge is 0.396 e. The molecule has 3 aromatic rings. The van der Waals surface area contributed by atoms with E-state index >= 15 is 0 Å². The van der Waals surface area contributed by atoms with E-state index in [9.17, 15) is 9.90 Å². The summed E-state index contributed by atoms with van der Waals surface area (Å²) in [5, 5.41) is 9.19. The van der Waals surface area contributed by atoms with Crippen LogP contribution in [0.2, 0.25) is 0 Å². The number of hydrogen-bond donors (Lipinski definition) is 1. The van der Waals surface area contributed by atoms with E-state index in [0.717, 1.165) is 60.4 Å². The van der Waals surface area contributed by atoms with Gasteiger partial charge >= 0.3 is 0 Å². The lowest BCUT2D eigenvalue weighted by molar-refractivity contribution is 0.0720. The van der Waals surface area contributed by atoms with Gasteiger partial charge in [-0.3, -0.25) is 4.79 Å². The van der Waals surface area contributed by atoms with Gasteiger partial charge in [0.15, 0.2) is 0 Å². The molecule has 0 aromatic heterocycles. The molecule has 41 heavy (non-hydrogen) atoms. The molecule has 1 N–H and O–H groups in total. The van der Waals surface area contributed by atoms with Crippen LogP contribution in [-0.4, -0.2) is 53.6 Å². The molecule has 0 saturated carbocycles. The number of benzene rings is 3. The van der Waals surface area contributed by atoms with E-state index in [2.05, 4.69) is 86.3 Å². The van der Waals surface area contributed by atoms with Gasteiger partial charge in [0.2, 0.25) is 0 Å². The van der Waals surface area contributed by atoms with Crippen molar-refractivity contribution in [1.29, 1.82) is 0 Å². The fourth-order valence-corrected chi connectivity index (χ4v) is 5.21. The minimum absolute atomic E-state index is 0.111. The molecule has 0 aliphatic carbocycles. The van der Waals surface area contributed by atoms with E-state index in [-0.39, 0.29) is 12.5 Å². The lowest BCUT2D eigenvalue weighted by Crippen LogP contribution is -2.39. The zero-order valence-electron chi connectivity index (χ0n) is 25.8. The van der Waals surface area contributed by atoms with Crippen LogP contribution in [0.3, 0.4) is 0 Å². The van der Waals surface area contributed by atoms with Crippen LogP contribution in [0, 0.1) is 0 Å². The second-order valence-corrected chi connectivity index (χ2v) is 11.3. The fraction of sp³-hybridized carbons (Fsp3) is 0.486. The smallest absolute Gasteiger partial charge is 0.254 e. The van der Waals surface area contributed by atoms with Gasteiger partial charge < -0.3 is 14.9 Å². The fourth-order valence-electron chi connectivity index (χ4n) is 5.21. The summed E-state index contributed by atoms with van der Waals surface area (Å²) in [7, 11) is 0. The normalized spacial score (nSPS) is 11.2. The third kappa shape index (κ3) is 11.1. The maximum absolute atomic E-state index is 13.8. The van der Waals surface area contributed by atoms with Crippen molar-refractivity contribution in [2.45, 2.75) is 85.1 Å². The first-order valence-electron chi connectivity index (χ1n) is 16.0. The third-order valence-electron chi connectivity index (χ3n) is 7.91. The van der Waals surface area contributed by atoms with Crippen LogP contribution < -0.4 is 0 Å². The molecule has 222 valence electrons. The van der Waals surface area contributed by atoms with Crippen molar-refractivity contribution in [3.05, 3.63) is 95.1 Å². The SMILES string of the molecule is CCCCCc1ccc(C(=O)N(CCN(CCCC)CCCC)Cc2ccc(-c3ccc(CCO)cc3)cc2)cc1. The minimum atomic E-state index is 0.111. The minimum Gasteiger partial charge on any atom is -0.396 e. The zero-order valence-corrected chi connectivity index (χ0v) is 25.8. The molecule has 0 spiro atoms. The molecule has 0 unspecified atom stereocenters. The van der Waals surface area contributed by atoms with Crippen molar-refractivity contribution in [2.24, 2.45) is 0 Å². The summed E-state index contributed by atoms with van der Waals surface area (Å²) < 4.78 is 0. The summed E-state index contributed by atoms with van der Waals surface area (Å²) in [6.07, 6.45) is 10.2. The molecule has 0 aliphatic rings. The van der Waals surface area contributed by atoms with E-state index in [1.54, 1.807) is 0 Å². The van der Waals surface area contributed by atoms with E-state index in [1.165, 1.54) is 50.5 Å².